The molecule has 1 aromatic carbocycles. The van der Waals surface area contributed by atoms with Crippen LogP contribution in [0.4, 0.5) is 10.5 Å². The van der Waals surface area contributed by atoms with Gasteiger partial charge in [-0.05, 0) is 32.3 Å². The van der Waals surface area contributed by atoms with Crippen LogP contribution in [0, 0.1) is 0 Å². The number of pyridine rings is 1. The van der Waals surface area contributed by atoms with Crippen LogP contribution in [0.2, 0.25) is 0 Å². The van der Waals surface area contributed by atoms with E-state index in [1.165, 1.54) is 0 Å². The second-order valence-electron chi connectivity index (χ2n) is 7.30. The number of carbonyl (C=O) groups is 1. The molecule has 6 nitrogen and oxygen atoms in total. The minimum Gasteiger partial charge on any atom is -0.461 e. The minimum absolute atomic E-state index is 0.102. The summed E-state index contributed by atoms with van der Waals surface area (Å²) in [4.78, 5) is 20.9. The summed E-state index contributed by atoms with van der Waals surface area (Å²) in [5, 5.41) is 2.99. The zero-order valence-corrected chi connectivity index (χ0v) is 16.2. The zero-order valence-electron chi connectivity index (χ0n) is 16.2. The highest BCUT2D eigenvalue weighted by atomic mass is 16.3. The molecular formula is C22H24N4O2. The van der Waals surface area contributed by atoms with Crippen molar-refractivity contribution in [3.05, 3.63) is 71.7 Å². The summed E-state index contributed by atoms with van der Waals surface area (Å²) in [5.41, 5.74) is 3.81. The van der Waals surface area contributed by atoms with Crippen LogP contribution in [0.5, 0.6) is 0 Å². The van der Waals surface area contributed by atoms with Gasteiger partial charge < -0.3 is 19.5 Å². The molecule has 0 radical (unpaired) electrons. The number of hydrogen-bond donors (Lipinski definition) is 1. The molecule has 3 aromatic rings. The SMILES string of the molecule is CN(C)Cc1cc(NC(=O)N2CCc3oc(-c4ccccc4)cc3C2)ccn1. The Kier molecular flexibility index (Phi) is 5.12. The predicted octanol–water partition coefficient (Wildman–Crippen LogP) is 3.99. The largest absolute Gasteiger partial charge is 0.461 e. The number of anilines is 1. The molecule has 0 aliphatic carbocycles. The number of nitrogens with one attached hydrogen (secondary N) is 1. The first-order valence-electron chi connectivity index (χ1n) is 9.41. The molecule has 2 amide bonds. The molecule has 4 rings (SSSR count). The molecule has 28 heavy (non-hydrogen) atoms. The predicted molar refractivity (Wildman–Crippen MR) is 109 cm³/mol. The molecule has 0 fully saturated rings. The highest BCUT2D eigenvalue weighted by molar-refractivity contribution is 5.89. The topological polar surface area (TPSA) is 61.6 Å². The van der Waals surface area contributed by atoms with E-state index in [9.17, 15) is 4.79 Å². The van der Waals surface area contributed by atoms with Crippen LogP contribution in [-0.2, 0) is 19.5 Å². The number of nitrogens with zero attached hydrogens (tertiary/aromatic N) is 3. The maximum atomic E-state index is 12.7. The molecule has 144 valence electrons. The van der Waals surface area contributed by atoms with Crippen molar-refractivity contribution in [1.82, 2.24) is 14.8 Å². The summed E-state index contributed by atoms with van der Waals surface area (Å²) < 4.78 is 6.02. The number of rotatable bonds is 4. The molecule has 0 bridgehead atoms. The molecular weight excluding hydrogens is 352 g/mol. The van der Waals surface area contributed by atoms with Crippen molar-refractivity contribution in [2.75, 3.05) is 26.0 Å². The first kappa shape index (κ1) is 18.3. The van der Waals surface area contributed by atoms with Crippen molar-refractivity contribution in [2.45, 2.75) is 19.5 Å². The van der Waals surface area contributed by atoms with E-state index in [-0.39, 0.29) is 6.03 Å². The Balaban J connectivity index is 1.44. The van der Waals surface area contributed by atoms with Crippen LogP contribution in [0.3, 0.4) is 0 Å². The molecule has 2 aromatic heterocycles. The Morgan fingerprint density at radius 2 is 2.04 bits per heavy atom. The molecule has 0 saturated carbocycles. The van der Waals surface area contributed by atoms with Crippen molar-refractivity contribution in [2.24, 2.45) is 0 Å². The van der Waals surface area contributed by atoms with Crippen molar-refractivity contribution < 1.29 is 9.21 Å². The van der Waals surface area contributed by atoms with E-state index in [1.54, 1.807) is 6.20 Å². The number of benzene rings is 1. The Morgan fingerprint density at radius 1 is 1.21 bits per heavy atom. The molecule has 0 unspecified atom stereocenters. The highest BCUT2D eigenvalue weighted by Gasteiger charge is 2.24. The fourth-order valence-electron chi connectivity index (χ4n) is 3.42. The van der Waals surface area contributed by atoms with Gasteiger partial charge in [0.1, 0.15) is 11.5 Å². The maximum absolute atomic E-state index is 12.7. The van der Waals surface area contributed by atoms with Gasteiger partial charge in [0.25, 0.3) is 0 Å². The summed E-state index contributed by atoms with van der Waals surface area (Å²) in [5.74, 6) is 1.83. The number of carbonyl (C=O) groups excluding carboxylic acids is 1. The lowest BCUT2D eigenvalue weighted by molar-refractivity contribution is 0.204. The van der Waals surface area contributed by atoms with Crippen LogP contribution < -0.4 is 5.32 Å². The number of furan rings is 1. The minimum atomic E-state index is -0.102. The van der Waals surface area contributed by atoms with Gasteiger partial charge in [0.2, 0.25) is 0 Å². The van der Waals surface area contributed by atoms with E-state index in [0.29, 0.717) is 13.1 Å². The van der Waals surface area contributed by atoms with Crippen molar-refractivity contribution in [1.29, 1.82) is 0 Å². The summed E-state index contributed by atoms with van der Waals surface area (Å²) in [6, 6.07) is 15.7. The summed E-state index contributed by atoms with van der Waals surface area (Å²) in [7, 11) is 3.99. The molecule has 0 saturated heterocycles. The number of fused-ring (bicyclic) bond motifs is 1. The third kappa shape index (κ3) is 4.07. The van der Waals surface area contributed by atoms with E-state index < -0.39 is 0 Å². The Labute approximate surface area is 164 Å². The normalized spacial score (nSPS) is 13.5. The molecule has 0 spiro atoms. The van der Waals surface area contributed by atoms with Gasteiger partial charge in [0.05, 0.1) is 12.2 Å². The standard InChI is InChI=1S/C22H24N4O2/c1-25(2)15-19-13-18(8-10-23-19)24-22(27)26-11-9-20-17(14-26)12-21(28-20)16-6-4-3-5-7-16/h3-8,10,12-13H,9,11,14-15H2,1-2H3,(H,23,24,27). The molecule has 1 aliphatic rings. The van der Waals surface area contributed by atoms with Crippen molar-refractivity contribution in [3.63, 3.8) is 0 Å². The summed E-state index contributed by atoms with van der Waals surface area (Å²) in [6.07, 6.45) is 2.45. The lowest BCUT2D eigenvalue weighted by Gasteiger charge is -2.26. The first-order chi connectivity index (χ1) is 13.6. The van der Waals surface area contributed by atoms with Crippen molar-refractivity contribution >= 4 is 11.7 Å². The first-order valence-corrected chi connectivity index (χ1v) is 9.41. The van der Waals surface area contributed by atoms with Crippen LogP contribution in [0.15, 0.2) is 59.1 Å². The number of aromatic nitrogens is 1. The number of urea groups is 1. The van der Waals surface area contributed by atoms with Gasteiger partial charge in [0, 0.05) is 42.5 Å². The molecule has 6 heteroatoms. The fraction of sp³-hybridized carbons (Fsp3) is 0.273. The number of amides is 2. The lowest BCUT2D eigenvalue weighted by atomic mass is 10.1. The molecule has 0 atom stereocenters. The zero-order chi connectivity index (χ0) is 19.5. The van der Waals surface area contributed by atoms with E-state index >= 15 is 0 Å². The molecule has 3 heterocycles. The van der Waals surface area contributed by atoms with Gasteiger partial charge in [-0.3, -0.25) is 4.98 Å². The number of hydrogen-bond acceptors (Lipinski definition) is 4. The van der Waals surface area contributed by atoms with Crippen LogP contribution in [-0.4, -0.2) is 41.5 Å². The Bertz CT molecular complexity index is 966. The van der Waals surface area contributed by atoms with Crippen LogP contribution in [0.25, 0.3) is 11.3 Å². The Hall–Kier alpha value is -3.12. The lowest BCUT2D eigenvalue weighted by Crippen LogP contribution is -2.38. The maximum Gasteiger partial charge on any atom is 0.322 e. The third-order valence-corrected chi connectivity index (χ3v) is 4.76. The summed E-state index contributed by atoms with van der Waals surface area (Å²) >= 11 is 0. The van der Waals surface area contributed by atoms with Crippen LogP contribution >= 0.6 is 0 Å². The smallest absolute Gasteiger partial charge is 0.322 e. The third-order valence-electron chi connectivity index (χ3n) is 4.76. The van der Waals surface area contributed by atoms with E-state index in [4.69, 9.17) is 4.42 Å². The fourth-order valence-corrected chi connectivity index (χ4v) is 3.42. The average Bonchev–Trinajstić information content (AvgIpc) is 3.12. The van der Waals surface area contributed by atoms with Gasteiger partial charge >= 0.3 is 6.03 Å². The van der Waals surface area contributed by atoms with E-state index in [1.807, 2.05) is 72.4 Å². The monoisotopic (exact) mass is 376 g/mol. The van der Waals surface area contributed by atoms with Gasteiger partial charge in [-0.2, -0.15) is 0 Å². The quantitative estimate of drug-likeness (QED) is 0.748. The highest BCUT2D eigenvalue weighted by Crippen LogP contribution is 2.29. The van der Waals surface area contributed by atoms with Crippen LogP contribution in [0.1, 0.15) is 17.0 Å². The van der Waals surface area contributed by atoms with Gasteiger partial charge in [-0.25, -0.2) is 4.79 Å². The molecule has 1 N–H and O–H groups in total. The van der Waals surface area contributed by atoms with E-state index in [0.717, 1.165) is 47.0 Å². The van der Waals surface area contributed by atoms with Gasteiger partial charge in [-0.1, -0.05) is 30.3 Å². The Morgan fingerprint density at radius 3 is 2.82 bits per heavy atom. The summed E-state index contributed by atoms with van der Waals surface area (Å²) in [6.45, 7) is 1.91. The van der Waals surface area contributed by atoms with Gasteiger partial charge in [0.15, 0.2) is 0 Å². The van der Waals surface area contributed by atoms with Gasteiger partial charge in [-0.15, -0.1) is 0 Å². The van der Waals surface area contributed by atoms with E-state index in [2.05, 4.69) is 10.3 Å². The average molecular weight is 376 g/mol. The second-order valence-corrected chi connectivity index (χ2v) is 7.30. The second kappa shape index (κ2) is 7.86. The molecule has 1 aliphatic heterocycles. The van der Waals surface area contributed by atoms with Crippen molar-refractivity contribution in [3.8, 4) is 11.3 Å².